The van der Waals surface area contributed by atoms with Crippen molar-refractivity contribution in [1.82, 2.24) is 4.90 Å². The Kier molecular flexibility index (Phi) is 46.2. The Balaban J connectivity index is 1.96. The minimum Gasteiger partial charge on any atom is -0.493 e. The van der Waals surface area contributed by atoms with Gasteiger partial charge in [-0.2, -0.15) is 0 Å². The van der Waals surface area contributed by atoms with E-state index in [1.54, 1.807) is 0 Å². The third-order valence-electron chi connectivity index (χ3n) is 12.7. The zero-order chi connectivity index (χ0) is 49.1. The third-order valence-corrected chi connectivity index (χ3v) is 12.7. The van der Waals surface area contributed by atoms with Gasteiger partial charge in [-0.1, -0.05) is 203 Å². The van der Waals surface area contributed by atoms with E-state index in [0.29, 0.717) is 12.8 Å². The number of rotatable bonds is 52. The first kappa shape index (κ1) is 62.7. The molecular formula is C61H105NO6. The van der Waals surface area contributed by atoms with Crippen molar-refractivity contribution >= 4 is 11.9 Å². The SMILES string of the molecule is CN(C)Cc1cc(OCCCCCCCCCCCCC/C=C\C/C=C\CCCCCCCC(=O)O)cc(OCCCCCCCCCCCCC/C=C\C/C=C\CCCCCCCC(=O)O)c1. The lowest BCUT2D eigenvalue weighted by Gasteiger charge is -2.15. The van der Waals surface area contributed by atoms with E-state index < -0.39 is 11.9 Å². The van der Waals surface area contributed by atoms with Gasteiger partial charge in [-0.15, -0.1) is 0 Å². The molecular weight excluding hydrogens is 843 g/mol. The van der Waals surface area contributed by atoms with Crippen LogP contribution in [0.25, 0.3) is 0 Å². The van der Waals surface area contributed by atoms with Crippen LogP contribution in [0.3, 0.4) is 0 Å². The molecule has 0 unspecified atom stereocenters. The van der Waals surface area contributed by atoms with E-state index in [1.807, 2.05) is 0 Å². The number of allylic oxidation sites excluding steroid dienone is 8. The van der Waals surface area contributed by atoms with Crippen molar-refractivity contribution in [2.45, 2.75) is 263 Å². The number of carboxylic acid groups (broad SMARTS) is 2. The molecule has 2 N–H and O–H groups in total. The Labute approximate surface area is 419 Å². The van der Waals surface area contributed by atoms with Crippen LogP contribution in [0.4, 0.5) is 0 Å². The minimum absolute atomic E-state index is 0.312. The molecule has 0 bridgehead atoms. The number of nitrogens with zero attached hydrogens (tertiary/aromatic N) is 1. The van der Waals surface area contributed by atoms with Crippen LogP contribution >= 0.6 is 0 Å². The Morgan fingerprint density at radius 1 is 0.382 bits per heavy atom. The van der Waals surface area contributed by atoms with Crippen molar-refractivity contribution in [1.29, 1.82) is 0 Å². The molecule has 0 saturated heterocycles. The predicted octanol–water partition coefficient (Wildman–Crippen LogP) is 18.5. The standard InChI is InChI=1S/C61H105NO6/c1-62(2)56-57-53-58(67-51-47-43-39-35-31-27-23-19-15-11-7-3-5-9-13-17-21-25-29-33-37-41-45-49-60(63)64)55-59(54-57)68-52-48-44-40-36-32-28-24-20-16-12-8-4-6-10-14-18-22-26-30-34-38-42-46-50-61(65)66/h5-6,9-10,17-18,21-22,53-55H,3-4,7-8,11-16,19-20,23-52,56H2,1-2H3,(H,63,64)(H,65,66)/b9-5-,10-6-,21-17-,22-18-. The maximum atomic E-state index is 10.5. The maximum Gasteiger partial charge on any atom is 0.303 e. The van der Waals surface area contributed by atoms with Crippen molar-refractivity contribution in [2.75, 3.05) is 27.3 Å². The van der Waals surface area contributed by atoms with E-state index >= 15 is 0 Å². The smallest absolute Gasteiger partial charge is 0.303 e. The van der Waals surface area contributed by atoms with Gasteiger partial charge in [-0.25, -0.2) is 0 Å². The van der Waals surface area contributed by atoms with Crippen LogP contribution in [0.15, 0.2) is 66.8 Å². The summed E-state index contributed by atoms with van der Waals surface area (Å²) in [7, 11) is 4.23. The van der Waals surface area contributed by atoms with Crippen LogP contribution in [0.1, 0.15) is 262 Å². The van der Waals surface area contributed by atoms with Crippen molar-refractivity contribution < 1.29 is 29.3 Å². The largest absolute Gasteiger partial charge is 0.493 e. The van der Waals surface area contributed by atoms with Gasteiger partial charge in [-0.3, -0.25) is 9.59 Å². The van der Waals surface area contributed by atoms with Crippen LogP contribution in [0.2, 0.25) is 0 Å². The quantitative estimate of drug-likeness (QED) is 0.0496. The Morgan fingerprint density at radius 2 is 0.647 bits per heavy atom. The van der Waals surface area contributed by atoms with Gasteiger partial charge < -0.3 is 24.6 Å². The topological polar surface area (TPSA) is 96.3 Å². The fraction of sp³-hybridized carbons (Fsp3) is 0.738. The van der Waals surface area contributed by atoms with Gasteiger partial charge in [-0.05, 0) is 122 Å². The molecule has 0 aliphatic heterocycles. The Bertz CT molecular complexity index is 1300. The highest BCUT2D eigenvalue weighted by atomic mass is 16.5. The molecule has 0 saturated carbocycles. The van der Waals surface area contributed by atoms with Crippen LogP contribution in [0.5, 0.6) is 11.5 Å². The maximum absolute atomic E-state index is 10.5. The summed E-state index contributed by atoms with van der Waals surface area (Å²) in [5.74, 6) is 0.537. The average Bonchev–Trinajstić information content (AvgIpc) is 3.30. The summed E-state index contributed by atoms with van der Waals surface area (Å²) in [6, 6.07) is 6.47. The van der Waals surface area contributed by atoms with E-state index in [2.05, 4.69) is 85.8 Å². The number of unbranched alkanes of at least 4 members (excludes halogenated alkanes) is 32. The van der Waals surface area contributed by atoms with Crippen molar-refractivity contribution in [3.8, 4) is 11.5 Å². The molecule has 0 fully saturated rings. The van der Waals surface area contributed by atoms with Crippen LogP contribution in [-0.4, -0.2) is 54.4 Å². The number of ether oxygens (including phenoxy) is 2. The zero-order valence-corrected chi connectivity index (χ0v) is 44.2. The van der Waals surface area contributed by atoms with Gasteiger partial charge >= 0.3 is 11.9 Å². The molecule has 7 heteroatoms. The number of carbonyl (C=O) groups is 2. The number of hydrogen-bond acceptors (Lipinski definition) is 5. The van der Waals surface area contributed by atoms with Crippen molar-refractivity contribution in [3.05, 3.63) is 72.4 Å². The van der Waals surface area contributed by atoms with Gasteiger partial charge in [0, 0.05) is 25.5 Å². The molecule has 390 valence electrons. The predicted molar refractivity (Wildman–Crippen MR) is 291 cm³/mol. The monoisotopic (exact) mass is 948 g/mol. The second kappa shape index (κ2) is 50.1. The number of hydrogen-bond donors (Lipinski definition) is 2. The second-order valence-electron chi connectivity index (χ2n) is 19.9. The lowest BCUT2D eigenvalue weighted by atomic mass is 10.1. The summed E-state index contributed by atoms with van der Waals surface area (Å²) in [4.78, 5) is 23.3. The summed E-state index contributed by atoms with van der Waals surface area (Å²) in [6.45, 7) is 2.43. The first-order valence-electron chi connectivity index (χ1n) is 28.4. The number of aliphatic carboxylic acids is 2. The number of benzene rings is 1. The van der Waals surface area contributed by atoms with E-state index in [0.717, 1.165) is 108 Å². The van der Waals surface area contributed by atoms with E-state index in [9.17, 15) is 9.59 Å². The van der Waals surface area contributed by atoms with E-state index in [-0.39, 0.29) is 0 Å². The van der Waals surface area contributed by atoms with Crippen LogP contribution in [0, 0.1) is 0 Å². The summed E-state index contributed by atoms with van der Waals surface area (Å²) in [5, 5.41) is 17.4. The summed E-state index contributed by atoms with van der Waals surface area (Å²) >= 11 is 0. The fourth-order valence-electron chi connectivity index (χ4n) is 8.70. The van der Waals surface area contributed by atoms with Gasteiger partial charge in [0.2, 0.25) is 0 Å². The third kappa shape index (κ3) is 47.7. The molecule has 0 amide bonds. The van der Waals surface area contributed by atoms with Crippen molar-refractivity contribution in [2.24, 2.45) is 0 Å². The number of carboxylic acids is 2. The van der Waals surface area contributed by atoms with Crippen LogP contribution < -0.4 is 9.47 Å². The summed E-state index contributed by atoms with van der Waals surface area (Å²) in [6.07, 6.45) is 65.8. The van der Waals surface area contributed by atoms with Crippen molar-refractivity contribution in [3.63, 3.8) is 0 Å². The molecule has 0 spiro atoms. The fourth-order valence-corrected chi connectivity index (χ4v) is 8.70. The van der Waals surface area contributed by atoms with Crippen LogP contribution in [-0.2, 0) is 16.1 Å². The lowest BCUT2D eigenvalue weighted by Crippen LogP contribution is -2.11. The molecule has 7 nitrogen and oxygen atoms in total. The molecule has 1 aromatic carbocycles. The van der Waals surface area contributed by atoms with E-state index in [4.69, 9.17) is 19.7 Å². The highest BCUT2D eigenvalue weighted by Crippen LogP contribution is 2.25. The van der Waals surface area contributed by atoms with Gasteiger partial charge in [0.05, 0.1) is 13.2 Å². The molecule has 0 atom stereocenters. The minimum atomic E-state index is -0.674. The van der Waals surface area contributed by atoms with Gasteiger partial charge in [0.1, 0.15) is 11.5 Å². The van der Waals surface area contributed by atoms with E-state index in [1.165, 1.54) is 173 Å². The molecule has 1 aromatic rings. The molecule has 68 heavy (non-hydrogen) atoms. The highest BCUT2D eigenvalue weighted by Gasteiger charge is 2.06. The molecule has 0 aliphatic carbocycles. The summed E-state index contributed by atoms with van der Waals surface area (Å²) < 4.78 is 12.5. The average molecular weight is 949 g/mol. The van der Waals surface area contributed by atoms with Gasteiger partial charge in [0.15, 0.2) is 0 Å². The van der Waals surface area contributed by atoms with Gasteiger partial charge in [0.25, 0.3) is 0 Å². The normalized spacial score (nSPS) is 12.0. The summed E-state index contributed by atoms with van der Waals surface area (Å²) in [5.41, 5.74) is 1.25. The Hall–Kier alpha value is -3.32. The molecule has 0 aliphatic rings. The molecule has 0 aromatic heterocycles. The highest BCUT2D eigenvalue weighted by molar-refractivity contribution is 5.66. The second-order valence-corrected chi connectivity index (χ2v) is 19.9. The zero-order valence-electron chi connectivity index (χ0n) is 44.2. The lowest BCUT2D eigenvalue weighted by molar-refractivity contribution is -0.138. The first-order valence-corrected chi connectivity index (χ1v) is 28.4. The Morgan fingerprint density at radius 3 is 0.926 bits per heavy atom. The molecule has 1 rings (SSSR count). The molecule has 0 radical (unpaired) electrons. The first-order chi connectivity index (χ1) is 33.4. The molecule has 0 heterocycles.